The number of aromatic nitrogens is 5. The Morgan fingerprint density at radius 2 is 1.92 bits per heavy atom. The zero-order valence-electron chi connectivity index (χ0n) is 20.8. The highest BCUT2D eigenvalue weighted by Gasteiger charge is 2.39. The molecule has 0 spiro atoms. The second-order valence-corrected chi connectivity index (χ2v) is 11.1. The Labute approximate surface area is 221 Å². The average Bonchev–Trinajstić information content (AvgIpc) is 3.52. The van der Waals surface area contributed by atoms with Crippen molar-refractivity contribution in [1.29, 1.82) is 0 Å². The largest absolute Gasteiger partial charge is 0.388 e. The van der Waals surface area contributed by atoms with Gasteiger partial charge in [0.25, 0.3) is 11.5 Å². The Kier molecular flexibility index (Phi) is 6.07. The maximum Gasteiger partial charge on any atom is 0.275 e. The van der Waals surface area contributed by atoms with Crippen LogP contribution in [-0.4, -0.2) is 64.8 Å². The van der Waals surface area contributed by atoms with Gasteiger partial charge < -0.3 is 15.3 Å². The molecule has 1 saturated heterocycles. The van der Waals surface area contributed by atoms with Crippen LogP contribution in [0.2, 0.25) is 0 Å². The number of aryl methyl sites for hydroxylation is 1. The van der Waals surface area contributed by atoms with Crippen molar-refractivity contribution >= 4 is 39.9 Å². The van der Waals surface area contributed by atoms with Crippen LogP contribution in [0.1, 0.15) is 41.2 Å². The van der Waals surface area contributed by atoms with E-state index in [-0.39, 0.29) is 29.8 Å². The van der Waals surface area contributed by atoms with E-state index in [4.69, 9.17) is 0 Å². The SMILES string of the molecule is Cc1nc(C(=O)Nc2ccc(-n3ncc4c(=O)n(CC5(O)CCN(C(=O)C6CC6)CC5)cnc43)cc2)cs1. The van der Waals surface area contributed by atoms with Gasteiger partial charge in [-0.25, -0.2) is 14.6 Å². The number of hydrogen-bond donors (Lipinski definition) is 2. The van der Waals surface area contributed by atoms with Crippen LogP contribution in [-0.2, 0) is 11.3 Å². The number of aliphatic hydroxyl groups is 1. The second kappa shape index (κ2) is 9.44. The lowest BCUT2D eigenvalue weighted by Gasteiger charge is -2.38. The fraction of sp³-hybridized carbons (Fsp3) is 0.385. The fourth-order valence-corrected chi connectivity index (χ4v) is 5.40. The van der Waals surface area contributed by atoms with Gasteiger partial charge in [-0.2, -0.15) is 5.10 Å². The van der Waals surface area contributed by atoms with E-state index in [2.05, 4.69) is 20.4 Å². The standard InChI is InChI=1S/C26H27N7O4S/c1-16-29-21(13-38-16)23(34)30-18-4-6-19(7-5-18)33-22-20(12-28-33)25(36)32(15-27-22)14-26(37)8-10-31(11-9-26)24(35)17-2-3-17/h4-7,12-13,15,17,37H,2-3,8-11,14H2,1H3,(H,30,34). The molecule has 2 aliphatic rings. The molecule has 2 fully saturated rings. The normalized spacial score (nSPS) is 17.1. The van der Waals surface area contributed by atoms with Crippen molar-refractivity contribution in [3.05, 3.63) is 63.2 Å². The first-order chi connectivity index (χ1) is 18.3. The van der Waals surface area contributed by atoms with E-state index in [1.807, 2.05) is 11.8 Å². The molecular formula is C26H27N7O4S. The first kappa shape index (κ1) is 24.4. The van der Waals surface area contributed by atoms with E-state index in [1.165, 1.54) is 28.4 Å². The number of fused-ring (bicyclic) bond motifs is 1. The van der Waals surface area contributed by atoms with Gasteiger partial charge in [-0.15, -0.1) is 11.3 Å². The quantitative estimate of drug-likeness (QED) is 0.388. The van der Waals surface area contributed by atoms with Crippen LogP contribution >= 0.6 is 11.3 Å². The minimum absolute atomic E-state index is 0.109. The number of benzene rings is 1. The summed E-state index contributed by atoms with van der Waals surface area (Å²) in [7, 11) is 0. The number of carbonyl (C=O) groups is 2. The maximum absolute atomic E-state index is 13.2. The van der Waals surface area contributed by atoms with E-state index in [0.29, 0.717) is 54.0 Å². The summed E-state index contributed by atoms with van der Waals surface area (Å²) in [4.78, 5) is 48.4. The minimum atomic E-state index is -1.08. The minimum Gasteiger partial charge on any atom is -0.388 e. The molecule has 4 heterocycles. The lowest BCUT2D eigenvalue weighted by atomic mass is 9.91. The first-order valence-corrected chi connectivity index (χ1v) is 13.5. The van der Waals surface area contributed by atoms with Crippen LogP contribution in [0.25, 0.3) is 16.7 Å². The molecule has 38 heavy (non-hydrogen) atoms. The van der Waals surface area contributed by atoms with Gasteiger partial charge >= 0.3 is 0 Å². The van der Waals surface area contributed by atoms with Gasteiger partial charge in [0.1, 0.15) is 17.4 Å². The summed E-state index contributed by atoms with van der Waals surface area (Å²) in [5.74, 6) is 0.0649. The number of nitrogens with one attached hydrogen (secondary N) is 1. The predicted octanol–water partition coefficient (Wildman–Crippen LogP) is 2.36. The highest BCUT2D eigenvalue weighted by atomic mass is 32.1. The zero-order chi connectivity index (χ0) is 26.4. The van der Waals surface area contributed by atoms with Gasteiger partial charge in [-0.3, -0.25) is 19.0 Å². The van der Waals surface area contributed by atoms with Crippen molar-refractivity contribution in [2.24, 2.45) is 5.92 Å². The summed E-state index contributed by atoms with van der Waals surface area (Å²) in [6.07, 6.45) is 5.67. The predicted molar refractivity (Wildman–Crippen MR) is 141 cm³/mol. The highest BCUT2D eigenvalue weighted by Crippen LogP contribution is 2.33. The van der Waals surface area contributed by atoms with Gasteiger partial charge in [0.2, 0.25) is 5.91 Å². The summed E-state index contributed by atoms with van der Waals surface area (Å²) >= 11 is 1.41. The molecule has 1 aliphatic heterocycles. The van der Waals surface area contributed by atoms with Crippen molar-refractivity contribution in [2.45, 2.75) is 44.8 Å². The Hall–Kier alpha value is -3.90. The molecule has 1 saturated carbocycles. The van der Waals surface area contributed by atoms with Gasteiger partial charge in [0, 0.05) is 30.1 Å². The topological polar surface area (TPSA) is 135 Å². The molecule has 0 radical (unpaired) electrons. The Bertz CT molecular complexity index is 1580. The molecule has 2 N–H and O–H groups in total. The van der Waals surface area contributed by atoms with Gasteiger partial charge in [0.05, 0.1) is 29.0 Å². The number of carbonyl (C=O) groups excluding carboxylic acids is 2. The second-order valence-electron chi connectivity index (χ2n) is 10.0. The molecule has 3 aromatic heterocycles. The molecule has 0 unspecified atom stereocenters. The Morgan fingerprint density at radius 3 is 2.58 bits per heavy atom. The number of anilines is 1. The summed E-state index contributed by atoms with van der Waals surface area (Å²) in [6, 6.07) is 7.05. The van der Waals surface area contributed by atoms with E-state index in [9.17, 15) is 19.5 Å². The van der Waals surface area contributed by atoms with E-state index >= 15 is 0 Å². The average molecular weight is 534 g/mol. The molecule has 4 aromatic rings. The number of hydrogen-bond acceptors (Lipinski definition) is 8. The molecule has 6 rings (SSSR count). The molecule has 0 bridgehead atoms. The van der Waals surface area contributed by atoms with Crippen LogP contribution in [0.4, 0.5) is 5.69 Å². The molecular weight excluding hydrogens is 506 g/mol. The van der Waals surface area contributed by atoms with E-state index in [0.717, 1.165) is 17.8 Å². The van der Waals surface area contributed by atoms with Crippen LogP contribution < -0.4 is 10.9 Å². The van der Waals surface area contributed by atoms with Crippen molar-refractivity contribution in [3.63, 3.8) is 0 Å². The third-order valence-corrected chi connectivity index (χ3v) is 7.95. The summed E-state index contributed by atoms with van der Waals surface area (Å²) in [6.45, 7) is 2.94. The Morgan fingerprint density at radius 1 is 1.18 bits per heavy atom. The van der Waals surface area contributed by atoms with Crippen LogP contribution in [0.3, 0.4) is 0 Å². The van der Waals surface area contributed by atoms with Crippen LogP contribution in [0, 0.1) is 12.8 Å². The number of rotatable bonds is 6. The van der Waals surface area contributed by atoms with Crippen LogP contribution in [0.15, 0.2) is 47.0 Å². The molecule has 1 aromatic carbocycles. The Balaban J connectivity index is 1.16. The first-order valence-electron chi connectivity index (χ1n) is 12.6. The van der Waals surface area contributed by atoms with Crippen molar-refractivity contribution in [3.8, 4) is 5.69 Å². The highest BCUT2D eigenvalue weighted by molar-refractivity contribution is 7.09. The molecule has 11 nitrogen and oxygen atoms in total. The summed E-state index contributed by atoms with van der Waals surface area (Å²) in [5, 5.41) is 21.2. The van der Waals surface area contributed by atoms with Crippen molar-refractivity contribution in [2.75, 3.05) is 18.4 Å². The molecule has 0 atom stereocenters. The van der Waals surface area contributed by atoms with Gasteiger partial charge in [-0.1, -0.05) is 0 Å². The number of nitrogens with zero attached hydrogens (tertiary/aromatic N) is 6. The zero-order valence-corrected chi connectivity index (χ0v) is 21.6. The molecule has 12 heteroatoms. The molecule has 2 amide bonds. The number of thiazole rings is 1. The summed E-state index contributed by atoms with van der Waals surface area (Å²) in [5.41, 5.74) is 0.698. The number of likely N-dealkylation sites (tertiary alicyclic amines) is 1. The van der Waals surface area contributed by atoms with Crippen LogP contribution in [0.5, 0.6) is 0 Å². The lowest BCUT2D eigenvalue weighted by Crippen LogP contribution is -2.50. The maximum atomic E-state index is 13.2. The third kappa shape index (κ3) is 4.72. The van der Waals surface area contributed by atoms with Crippen molar-refractivity contribution in [1.82, 2.24) is 29.2 Å². The van der Waals surface area contributed by atoms with Crippen molar-refractivity contribution < 1.29 is 14.7 Å². The molecule has 196 valence electrons. The fourth-order valence-electron chi connectivity index (χ4n) is 4.81. The smallest absolute Gasteiger partial charge is 0.275 e. The summed E-state index contributed by atoms with van der Waals surface area (Å²) < 4.78 is 2.98. The van der Waals surface area contributed by atoms with E-state index < -0.39 is 5.60 Å². The van der Waals surface area contributed by atoms with Gasteiger partial charge in [-0.05, 0) is 56.9 Å². The molecule has 1 aliphatic carbocycles. The van der Waals surface area contributed by atoms with E-state index in [1.54, 1.807) is 34.3 Å². The lowest BCUT2D eigenvalue weighted by molar-refractivity contribution is -0.137. The third-order valence-electron chi connectivity index (χ3n) is 7.17. The number of amides is 2. The monoisotopic (exact) mass is 533 g/mol. The number of piperidine rings is 1. The van der Waals surface area contributed by atoms with Gasteiger partial charge in [0.15, 0.2) is 5.65 Å².